The van der Waals surface area contributed by atoms with Crippen molar-refractivity contribution in [1.29, 1.82) is 0 Å². The Bertz CT molecular complexity index is 874. The van der Waals surface area contributed by atoms with E-state index in [2.05, 4.69) is 15.2 Å². The minimum Gasteiger partial charge on any atom is -0.378 e. The summed E-state index contributed by atoms with van der Waals surface area (Å²) in [6.45, 7) is 4.45. The standard InChI is InChI=1S/C22H26N4O3/c27-21(24-19-6-2-3-7-20(19)25-10-12-29-13-11-25)17-14-18(16-23-15-17)22(28)26-8-4-1-5-9-26/h2-3,6-7,14-16H,1,4-5,8-13H2,(H,24,27). The van der Waals surface area contributed by atoms with Gasteiger partial charge in [-0.3, -0.25) is 14.6 Å². The predicted molar refractivity (Wildman–Crippen MR) is 111 cm³/mol. The Morgan fingerprint density at radius 2 is 1.66 bits per heavy atom. The van der Waals surface area contributed by atoms with Crippen LogP contribution < -0.4 is 10.2 Å². The number of aromatic nitrogens is 1. The van der Waals surface area contributed by atoms with E-state index in [1.165, 1.54) is 12.4 Å². The zero-order chi connectivity index (χ0) is 20.1. The Kier molecular flexibility index (Phi) is 6.05. The van der Waals surface area contributed by atoms with Gasteiger partial charge in [-0.2, -0.15) is 0 Å². The average molecular weight is 394 g/mol. The van der Waals surface area contributed by atoms with Gasteiger partial charge in [0.2, 0.25) is 0 Å². The van der Waals surface area contributed by atoms with E-state index in [0.29, 0.717) is 24.3 Å². The van der Waals surface area contributed by atoms with Crippen molar-refractivity contribution in [1.82, 2.24) is 9.88 Å². The van der Waals surface area contributed by atoms with E-state index in [1.54, 1.807) is 6.07 Å². The lowest BCUT2D eigenvalue weighted by Gasteiger charge is -2.30. The van der Waals surface area contributed by atoms with Crippen LogP contribution in [0.5, 0.6) is 0 Å². The van der Waals surface area contributed by atoms with Crippen LogP contribution in [0.4, 0.5) is 11.4 Å². The number of rotatable bonds is 4. The molecular formula is C22H26N4O3. The van der Waals surface area contributed by atoms with Gasteiger partial charge in [-0.15, -0.1) is 0 Å². The highest BCUT2D eigenvalue weighted by Gasteiger charge is 2.20. The monoisotopic (exact) mass is 394 g/mol. The second-order valence-electron chi connectivity index (χ2n) is 7.39. The normalized spacial score (nSPS) is 17.1. The van der Waals surface area contributed by atoms with Gasteiger partial charge in [0.15, 0.2) is 0 Å². The molecule has 0 radical (unpaired) electrons. The first kappa shape index (κ1) is 19.4. The van der Waals surface area contributed by atoms with Gasteiger partial charge in [0.05, 0.1) is 35.7 Å². The Labute approximate surface area is 170 Å². The SMILES string of the molecule is O=C(Nc1ccccc1N1CCOCC1)c1cncc(C(=O)N2CCCCC2)c1. The molecular weight excluding hydrogens is 368 g/mol. The van der Waals surface area contributed by atoms with E-state index in [4.69, 9.17) is 4.74 Å². The third-order valence-electron chi connectivity index (χ3n) is 5.39. The molecule has 2 saturated heterocycles. The maximum Gasteiger partial charge on any atom is 0.257 e. The summed E-state index contributed by atoms with van der Waals surface area (Å²) in [5, 5.41) is 2.98. The molecule has 3 heterocycles. The van der Waals surface area contributed by atoms with Gasteiger partial charge in [0, 0.05) is 38.6 Å². The number of likely N-dealkylation sites (tertiary alicyclic amines) is 1. The molecule has 0 saturated carbocycles. The molecule has 1 aromatic carbocycles. The summed E-state index contributed by atoms with van der Waals surface area (Å²) >= 11 is 0. The number of nitrogens with one attached hydrogen (secondary N) is 1. The maximum atomic E-state index is 12.9. The lowest BCUT2D eigenvalue weighted by atomic mass is 10.1. The molecule has 0 aliphatic carbocycles. The van der Waals surface area contributed by atoms with E-state index < -0.39 is 0 Å². The second kappa shape index (κ2) is 9.05. The highest BCUT2D eigenvalue weighted by molar-refractivity contribution is 6.07. The first-order valence-electron chi connectivity index (χ1n) is 10.2. The van der Waals surface area contributed by atoms with Crippen LogP contribution in [0.2, 0.25) is 0 Å². The molecule has 7 nitrogen and oxygen atoms in total. The van der Waals surface area contributed by atoms with Gasteiger partial charge >= 0.3 is 0 Å². The van der Waals surface area contributed by atoms with E-state index >= 15 is 0 Å². The number of hydrogen-bond acceptors (Lipinski definition) is 5. The van der Waals surface area contributed by atoms with Crippen LogP contribution in [0.15, 0.2) is 42.7 Å². The zero-order valence-corrected chi connectivity index (χ0v) is 16.5. The minimum absolute atomic E-state index is 0.0550. The number of nitrogens with zero attached hydrogens (tertiary/aromatic N) is 3. The molecule has 0 unspecified atom stereocenters. The van der Waals surface area contributed by atoms with E-state index in [-0.39, 0.29) is 11.8 Å². The van der Waals surface area contributed by atoms with E-state index in [1.807, 2.05) is 29.2 Å². The number of carbonyl (C=O) groups is 2. The number of benzene rings is 1. The molecule has 4 rings (SSSR count). The van der Waals surface area contributed by atoms with Gasteiger partial charge in [0.1, 0.15) is 0 Å². The number of ether oxygens (including phenoxy) is 1. The molecule has 2 amide bonds. The van der Waals surface area contributed by atoms with Crippen LogP contribution in [0.25, 0.3) is 0 Å². The third kappa shape index (κ3) is 4.56. The van der Waals surface area contributed by atoms with Gasteiger partial charge in [-0.25, -0.2) is 0 Å². The zero-order valence-electron chi connectivity index (χ0n) is 16.5. The van der Waals surface area contributed by atoms with E-state index in [9.17, 15) is 9.59 Å². The van der Waals surface area contributed by atoms with Crippen molar-refractivity contribution in [3.63, 3.8) is 0 Å². The molecule has 7 heteroatoms. The lowest BCUT2D eigenvalue weighted by Crippen LogP contribution is -2.36. The topological polar surface area (TPSA) is 74.8 Å². The summed E-state index contributed by atoms with van der Waals surface area (Å²) in [4.78, 5) is 33.8. The van der Waals surface area contributed by atoms with Crippen molar-refractivity contribution < 1.29 is 14.3 Å². The first-order valence-corrected chi connectivity index (χ1v) is 10.2. The van der Waals surface area contributed by atoms with Gasteiger partial charge in [-0.1, -0.05) is 12.1 Å². The Balaban J connectivity index is 1.50. The van der Waals surface area contributed by atoms with Crippen molar-refractivity contribution >= 4 is 23.2 Å². The van der Waals surface area contributed by atoms with E-state index in [0.717, 1.165) is 56.8 Å². The molecule has 1 aromatic heterocycles. The highest BCUT2D eigenvalue weighted by atomic mass is 16.5. The predicted octanol–water partition coefficient (Wildman–Crippen LogP) is 2.80. The van der Waals surface area contributed by atoms with Crippen molar-refractivity contribution in [2.75, 3.05) is 49.6 Å². The number of morpholine rings is 1. The summed E-state index contributed by atoms with van der Waals surface area (Å²) in [7, 11) is 0. The fourth-order valence-electron chi connectivity index (χ4n) is 3.81. The number of amides is 2. The smallest absolute Gasteiger partial charge is 0.257 e. The van der Waals surface area contributed by atoms with Crippen molar-refractivity contribution in [3.05, 3.63) is 53.9 Å². The molecule has 0 atom stereocenters. The number of pyridine rings is 1. The molecule has 29 heavy (non-hydrogen) atoms. The largest absolute Gasteiger partial charge is 0.378 e. The van der Waals surface area contributed by atoms with Gasteiger partial charge in [0.25, 0.3) is 11.8 Å². The molecule has 2 aliphatic rings. The molecule has 152 valence electrons. The summed E-state index contributed by atoms with van der Waals surface area (Å²) in [6.07, 6.45) is 6.25. The average Bonchev–Trinajstić information content (AvgIpc) is 2.80. The minimum atomic E-state index is -0.272. The summed E-state index contributed by atoms with van der Waals surface area (Å²) in [5.41, 5.74) is 2.55. The molecule has 1 N–H and O–H groups in total. The molecule has 2 fully saturated rings. The number of hydrogen-bond donors (Lipinski definition) is 1. The number of para-hydroxylation sites is 2. The van der Waals surface area contributed by atoms with Crippen LogP contribution in [0.1, 0.15) is 40.0 Å². The molecule has 2 aromatic rings. The molecule has 0 bridgehead atoms. The summed E-state index contributed by atoms with van der Waals surface area (Å²) in [6, 6.07) is 9.37. The number of anilines is 2. The summed E-state index contributed by atoms with van der Waals surface area (Å²) in [5.74, 6) is -0.327. The Hall–Kier alpha value is -2.93. The van der Waals surface area contributed by atoms with Crippen molar-refractivity contribution in [3.8, 4) is 0 Å². The van der Waals surface area contributed by atoms with Crippen LogP contribution >= 0.6 is 0 Å². The van der Waals surface area contributed by atoms with Crippen LogP contribution in [0, 0.1) is 0 Å². The number of piperidine rings is 1. The second-order valence-corrected chi connectivity index (χ2v) is 7.39. The van der Waals surface area contributed by atoms with Crippen molar-refractivity contribution in [2.24, 2.45) is 0 Å². The molecule has 2 aliphatic heterocycles. The van der Waals surface area contributed by atoms with Crippen LogP contribution in [-0.2, 0) is 4.74 Å². The Morgan fingerprint density at radius 3 is 2.45 bits per heavy atom. The fourth-order valence-corrected chi connectivity index (χ4v) is 3.81. The Morgan fingerprint density at radius 1 is 0.931 bits per heavy atom. The summed E-state index contributed by atoms with van der Waals surface area (Å²) < 4.78 is 5.42. The quantitative estimate of drug-likeness (QED) is 0.863. The van der Waals surface area contributed by atoms with Crippen molar-refractivity contribution in [2.45, 2.75) is 19.3 Å². The van der Waals surface area contributed by atoms with Crippen LogP contribution in [-0.4, -0.2) is 61.1 Å². The van der Waals surface area contributed by atoms with Gasteiger partial charge < -0.3 is 19.9 Å². The number of carbonyl (C=O) groups excluding carboxylic acids is 2. The first-order chi connectivity index (χ1) is 14.2. The fraction of sp³-hybridized carbons (Fsp3) is 0.409. The van der Waals surface area contributed by atoms with Crippen LogP contribution in [0.3, 0.4) is 0 Å². The maximum absolute atomic E-state index is 12.9. The highest BCUT2D eigenvalue weighted by Crippen LogP contribution is 2.27. The molecule has 0 spiro atoms. The lowest BCUT2D eigenvalue weighted by molar-refractivity contribution is 0.0724. The third-order valence-corrected chi connectivity index (χ3v) is 5.39. The van der Waals surface area contributed by atoms with Gasteiger partial charge in [-0.05, 0) is 37.5 Å².